The van der Waals surface area contributed by atoms with Gasteiger partial charge in [0.1, 0.15) is 11.3 Å². The molecule has 2 aromatic rings. The van der Waals surface area contributed by atoms with E-state index in [1.54, 1.807) is 6.20 Å². The third kappa shape index (κ3) is 3.02. The Balaban J connectivity index is 1.72. The lowest BCUT2D eigenvalue weighted by Gasteiger charge is -2.41. The molecular weight excluding hydrogens is 266 g/mol. The summed E-state index contributed by atoms with van der Waals surface area (Å²) in [6.07, 6.45) is 6.12. The van der Waals surface area contributed by atoms with E-state index in [2.05, 4.69) is 28.4 Å². The number of ether oxygens (including phenoxy) is 1. The highest BCUT2D eigenvalue weighted by molar-refractivity contribution is 5.72. The van der Waals surface area contributed by atoms with Crippen molar-refractivity contribution in [2.75, 3.05) is 6.61 Å². The predicted octanol–water partition coefficient (Wildman–Crippen LogP) is 2.94. The van der Waals surface area contributed by atoms with Gasteiger partial charge in [-0.2, -0.15) is 0 Å². The maximum Gasteiger partial charge on any atom is 0.160 e. The molecule has 0 unspecified atom stereocenters. The van der Waals surface area contributed by atoms with Gasteiger partial charge in [0.2, 0.25) is 0 Å². The Labute approximate surface area is 125 Å². The predicted molar refractivity (Wildman–Crippen MR) is 81.4 cm³/mol. The average Bonchev–Trinajstić information content (AvgIpc) is 2.78. The molecule has 0 amide bonds. The number of aromatic nitrogens is 3. The molecule has 114 valence electrons. The molecule has 1 aliphatic rings. The van der Waals surface area contributed by atoms with Crippen molar-refractivity contribution in [3.05, 3.63) is 18.6 Å². The van der Waals surface area contributed by atoms with Crippen molar-refractivity contribution in [1.82, 2.24) is 14.5 Å². The monoisotopic (exact) mass is 289 g/mol. The summed E-state index contributed by atoms with van der Waals surface area (Å²) < 4.78 is 7.78. The number of hydrogen-bond acceptors (Lipinski definition) is 4. The van der Waals surface area contributed by atoms with Gasteiger partial charge < -0.3 is 14.4 Å². The third-order valence-electron chi connectivity index (χ3n) is 4.10. The molecule has 1 fully saturated rings. The van der Waals surface area contributed by atoms with E-state index in [-0.39, 0.29) is 0 Å². The maximum absolute atomic E-state index is 9.87. The lowest BCUT2D eigenvalue weighted by Crippen LogP contribution is -2.41. The first-order chi connectivity index (χ1) is 9.94. The summed E-state index contributed by atoms with van der Waals surface area (Å²) in [5.74, 6) is 1.40. The molecule has 1 N–H and O–H groups in total. The normalized spacial score (nSPS) is 25.3. The maximum atomic E-state index is 9.87. The van der Waals surface area contributed by atoms with Crippen LogP contribution < -0.4 is 4.74 Å². The van der Waals surface area contributed by atoms with Gasteiger partial charge in [-0.25, -0.2) is 9.97 Å². The Bertz CT molecular complexity index is 625. The van der Waals surface area contributed by atoms with E-state index in [0.29, 0.717) is 18.6 Å². The van der Waals surface area contributed by atoms with Gasteiger partial charge in [0.05, 0.1) is 24.7 Å². The second-order valence-corrected chi connectivity index (χ2v) is 6.76. The average molecular weight is 289 g/mol. The third-order valence-corrected chi connectivity index (χ3v) is 4.10. The zero-order chi connectivity index (χ0) is 15.0. The molecule has 3 rings (SSSR count). The van der Waals surface area contributed by atoms with Crippen LogP contribution in [-0.2, 0) is 0 Å². The molecule has 0 aromatic carbocycles. The summed E-state index contributed by atoms with van der Waals surface area (Å²) in [7, 11) is 0. The number of pyridine rings is 1. The van der Waals surface area contributed by atoms with E-state index < -0.39 is 5.60 Å². The van der Waals surface area contributed by atoms with Crippen LogP contribution in [0.4, 0.5) is 0 Å². The molecule has 0 aliphatic heterocycles. The van der Waals surface area contributed by atoms with Gasteiger partial charge in [-0.05, 0) is 32.1 Å². The molecular formula is C16H23N3O2. The summed E-state index contributed by atoms with van der Waals surface area (Å²) >= 11 is 0. The second-order valence-electron chi connectivity index (χ2n) is 6.76. The van der Waals surface area contributed by atoms with Crippen LogP contribution in [0.15, 0.2) is 18.6 Å². The second kappa shape index (κ2) is 5.30. The molecule has 0 bridgehead atoms. The SMILES string of the molecule is CC(C)CCOc1cnc2c(c1)ncn2C1CC(C)(O)C1. The quantitative estimate of drug-likeness (QED) is 0.919. The summed E-state index contributed by atoms with van der Waals surface area (Å²) in [5.41, 5.74) is 1.18. The molecule has 0 spiro atoms. The number of hydrogen-bond donors (Lipinski definition) is 1. The van der Waals surface area contributed by atoms with Crippen molar-refractivity contribution in [2.24, 2.45) is 5.92 Å². The molecule has 0 atom stereocenters. The fourth-order valence-electron chi connectivity index (χ4n) is 2.81. The van der Waals surface area contributed by atoms with Gasteiger partial charge >= 0.3 is 0 Å². The van der Waals surface area contributed by atoms with Crippen LogP contribution in [0.3, 0.4) is 0 Å². The van der Waals surface area contributed by atoms with Crippen molar-refractivity contribution >= 4 is 11.2 Å². The van der Waals surface area contributed by atoms with E-state index in [1.807, 2.05) is 19.3 Å². The van der Waals surface area contributed by atoms with Crippen LogP contribution >= 0.6 is 0 Å². The molecule has 21 heavy (non-hydrogen) atoms. The van der Waals surface area contributed by atoms with Gasteiger partial charge in [-0.1, -0.05) is 13.8 Å². The van der Waals surface area contributed by atoms with Crippen molar-refractivity contribution in [3.63, 3.8) is 0 Å². The molecule has 5 heteroatoms. The Kier molecular flexibility index (Phi) is 3.61. The number of imidazole rings is 1. The van der Waals surface area contributed by atoms with Gasteiger partial charge in [-0.3, -0.25) is 0 Å². The summed E-state index contributed by atoms with van der Waals surface area (Å²) in [4.78, 5) is 8.90. The van der Waals surface area contributed by atoms with Crippen molar-refractivity contribution < 1.29 is 9.84 Å². The number of fused-ring (bicyclic) bond motifs is 1. The minimum absolute atomic E-state index is 0.296. The lowest BCUT2D eigenvalue weighted by molar-refractivity contribution is -0.0499. The van der Waals surface area contributed by atoms with Crippen LogP contribution in [0.25, 0.3) is 11.2 Å². The molecule has 1 saturated carbocycles. The van der Waals surface area contributed by atoms with Gasteiger partial charge in [-0.15, -0.1) is 0 Å². The van der Waals surface area contributed by atoms with Crippen LogP contribution in [0.5, 0.6) is 5.75 Å². The molecule has 2 aromatic heterocycles. The fourth-order valence-corrected chi connectivity index (χ4v) is 2.81. The zero-order valence-corrected chi connectivity index (χ0v) is 12.9. The summed E-state index contributed by atoms with van der Waals surface area (Å²) in [5, 5.41) is 9.87. The smallest absolute Gasteiger partial charge is 0.160 e. The Morgan fingerprint density at radius 1 is 1.43 bits per heavy atom. The first-order valence-corrected chi connectivity index (χ1v) is 7.62. The van der Waals surface area contributed by atoms with E-state index in [4.69, 9.17) is 4.74 Å². The minimum atomic E-state index is -0.541. The Morgan fingerprint density at radius 2 is 2.19 bits per heavy atom. The minimum Gasteiger partial charge on any atom is -0.492 e. The molecule has 1 aliphatic carbocycles. The van der Waals surface area contributed by atoms with Crippen LogP contribution in [0, 0.1) is 5.92 Å². The van der Waals surface area contributed by atoms with Crippen LogP contribution in [-0.4, -0.2) is 31.8 Å². The first-order valence-electron chi connectivity index (χ1n) is 7.62. The van der Waals surface area contributed by atoms with Crippen molar-refractivity contribution in [2.45, 2.75) is 51.7 Å². The number of rotatable bonds is 5. The van der Waals surface area contributed by atoms with Gasteiger partial charge in [0, 0.05) is 12.1 Å². The van der Waals surface area contributed by atoms with E-state index in [0.717, 1.165) is 36.2 Å². The molecule has 0 radical (unpaired) electrons. The largest absolute Gasteiger partial charge is 0.492 e. The van der Waals surface area contributed by atoms with E-state index in [1.165, 1.54) is 0 Å². The van der Waals surface area contributed by atoms with Crippen LogP contribution in [0.1, 0.15) is 46.1 Å². The highest BCUT2D eigenvalue weighted by atomic mass is 16.5. The molecule has 2 heterocycles. The fraction of sp³-hybridized carbons (Fsp3) is 0.625. The number of aliphatic hydroxyl groups is 1. The highest BCUT2D eigenvalue weighted by Gasteiger charge is 2.40. The van der Waals surface area contributed by atoms with E-state index >= 15 is 0 Å². The Hall–Kier alpha value is -1.62. The molecule has 0 saturated heterocycles. The Morgan fingerprint density at radius 3 is 2.86 bits per heavy atom. The topological polar surface area (TPSA) is 60.2 Å². The van der Waals surface area contributed by atoms with Gasteiger partial charge in [0.25, 0.3) is 0 Å². The molecule has 5 nitrogen and oxygen atoms in total. The highest BCUT2D eigenvalue weighted by Crippen LogP contribution is 2.41. The van der Waals surface area contributed by atoms with Crippen molar-refractivity contribution in [3.8, 4) is 5.75 Å². The number of nitrogens with zero attached hydrogens (tertiary/aromatic N) is 3. The lowest BCUT2D eigenvalue weighted by atomic mass is 9.77. The van der Waals surface area contributed by atoms with Crippen molar-refractivity contribution in [1.29, 1.82) is 0 Å². The van der Waals surface area contributed by atoms with Gasteiger partial charge in [0.15, 0.2) is 5.65 Å². The first kappa shape index (κ1) is 14.3. The summed E-state index contributed by atoms with van der Waals surface area (Å²) in [6, 6.07) is 2.24. The zero-order valence-electron chi connectivity index (χ0n) is 12.9. The summed E-state index contributed by atoms with van der Waals surface area (Å²) in [6.45, 7) is 6.94. The van der Waals surface area contributed by atoms with E-state index in [9.17, 15) is 5.11 Å². The standard InChI is InChI=1S/C16H23N3O2/c1-11(2)4-5-21-13-6-14-15(17-9-13)19(10-18-14)12-7-16(3,20)8-12/h6,9-12,20H,4-5,7-8H2,1-3H3. The van der Waals surface area contributed by atoms with Crippen LogP contribution in [0.2, 0.25) is 0 Å².